The van der Waals surface area contributed by atoms with Crippen LogP contribution in [-0.2, 0) is 0 Å². The Morgan fingerprint density at radius 3 is 2.37 bits per heavy atom. The van der Waals surface area contributed by atoms with Crippen molar-refractivity contribution < 1.29 is 0 Å². The largest absolute Gasteiger partial charge is 0.310 e. The minimum atomic E-state index is 0.536. The van der Waals surface area contributed by atoms with Gasteiger partial charge < -0.3 is 5.32 Å². The molecule has 1 aromatic carbocycles. The summed E-state index contributed by atoms with van der Waals surface area (Å²) in [5.74, 6) is 0.786. The van der Waals surface area contributed by atoms with E-state index in [9.17, 15) is 0 Å². The topological polar surface area (TPSA) is 12.0 Å². The highest BCUT2D eigenvalue weighted by Crippen LogP contribution is 2.43. The molecule has 2 aliphatic rings. The van der Waals surface area contributed by atoms with Crippen LogP contribution in [0.25, 0.3) is 0 Å². The number of nitrogens with one attached hydrogen (secondary N) is 1. The summed E-state index contributed by atoms with van der Waals surface area (Å²) in [6.07, 6.45) is 8.15. The number of hydrogen-bond acceptors (Lipinski definition) is 1. The molecule has 1 saturated carbocycles. The third-order valence-corrected chi connectivity index (χ3v) is 5.08. The number of benzene rings is 1. The molecule has 0 aromatic heterocycles. The second-order valence-corrected chi connectivity index (χ2v) is 7.27. The molecule has 1 heteroatoms. The Bertz CT molecular complexity index is 412. The summed E-state index contributed by atoms with van der Waals surface area (Å²) in [5.41, 5.74) is 3.58. The van der Waals surface area contributed by atoms with Gasteiger partial charge in [-0.25, -0.2) is 0 Å². The Morgan fingerprint density at radius 1 is 1.00 bits per heavy atom. The molecule has 1 N–H and O–H groups in total. The zero-order chi connectivity index (χ0) is 13.3. The first-order valence-electron chi connectivity index (χ1n) is 7.97. The Morgan fingerprint density at radius 2 is 1.74 bits per heavy atom. The van der Waals surface area contributed by atoms with Gasteiger partial charge in [0.1, 0.15) is 0 Å². The Balaban J connectivity index is 1.71. The zero-order valence-electron chi connectivity index (χ0n) is 12.4. The van der Waals surface area contributed by atoms with Crippen molar-refractivity contribution in [1.82, 2.24) is 5.32 Å². The van der Waals surface area contributed by atoms with Crippen LogP contribution in [0, 0.1) is 5.41 Å². The van der Waals surface area contributed by atoms with Gasteiger partial charge in [-0.1, -0.05) is 44.5 Å². The quantitative estimate of drug-likeness (QED) is 0.803. The molecule has 1 heterocycles. The van der Waals surface area contributed by atoms with Crippen LogP contribution in [0.2, 0.25) is 0 Å². The van der Waals surface area contributed by atoms with Gasteiger partial charge in [0.05, 0.1) is 0 Å². The third kappa shape index (κ3) is 3.02. The molecule has 1 aliphatic carbocycles. The molecule has 0 amide bonds. The summed E-state index contributed by atoms with van der Waals surface area (Å²) in [4.78, 5) is 0. The van der Waals surface area contributed by atoms with Crippen LogP contribution in [0.15, 0.2) is 24.3 Å². The predicted molar refractivity (Wildman–Crippen MR) is 81.4 cm³/mol. The van der Waals surface area contributed by atoms with E-state index < -0.39 is 0 Å². The van der Waals surface area contributed by atoms with Gasteiger partial charge in [-0.05, 0) is 61.1 Å². The minimum Gasteiger partial charge on any atom is -0.310 e. The number of rotatable bonds is 2. The molecule has 1 aliphatic heterocycles. The van der Waals surface area contributed by atoms with Crippen molar-refractivity contribution in [2.24, 2.45) is 5.41 Å². The SMILES string of the molecule is CC1(C)CCCC(c2ccc(C3CCCN3)cc2)C1. The molecular formula is C18H27N. The lowest BCUT2D eigenvalue weighted by molar-refractivity contribution is 0.219. The summed E-state index contributed by atoms with van der Waals surface area (Å²) in [5, 5.41) is 3.58. The van der Waals surface area contributed by atoms with E-state index in [2.05, 4.69) is 43.4 Å². The standard InChI is InChI=1S/C18H27N/c1-18(2)11-3-5-16(13-18)14-7-9-15(10-8-14)17-6-4-12-19-17/h7-10,16-17,19H,3-6,11-13H2,1-2H3. The second-order valence-electron chi connectivity index (χ2n) is 7.27. The summed E-state index contributed by atoms with van der Waals surface area (Å²) in [6, 6.07) is 10.1. The van der Waals surface area contributed by atoms with Gasteiger partial charge in [0.15, 0.2) is 0 Å². The Kier molecular flexibility index (Phi) is 3.66. The maximum absolute atomic E-state index is 3.58. The van der Waals surface area contributed by atoms with E-state index in [4.69, 9.17) is 0 Å². The van der Waals surface area contributed by atoms with Gasteiger partial charge >= 0.3 is 0 Å². The fraction of sp³-hybridized carbons (Fsp3) is 0.667. The summed E-state index contributed by atoms with van der Waals surface area (Å²) >= 11 is 0. The zero-order valence-corrected chi connectivity index (χ0v) is 12.4. The molecule has 0 bridgehead atoms. The molecule has 3 rings (SSSR count). The first kappa shape index (κ1) is 13.2. The molecule has 1 nitrogen and oxygen atoms in total. The van der Waals surface area contributed by atoms with Crippen LogP contribution in [0.1, 0.15) is 75.5 Å². The van der Waals surface area contributed by atoms with Gasteiger partial charge in [0, 0.05) is 6.04 Å². The van der Waals surface area contributed by atoms with Crippen LogP contribution >= 0.6 is 0 Å². The molecule has 1 saturated heterocycles. The molecule has 0 radical (unpaired) electrons. The van der Waals surface area contributed by atoms with E-state index in [0.29, 0.717) is 11.5 Å². The summed E-state index contributed by atoms with van der Waals surface area (Å²) < 4.78 is 0. The molecule has 2 atom stereocenters. The minimum absolute atomic E-state index is 0.536. The molecule has 0 spiro atoms. The fourth-order valence-electron chi connectivity index (χ4n) is 3.95. The lowest BCUT2D eigenvalue weighted by Gasteiger charge is -2.35. The maximum atomic E-state index is 3.58. The van der Waals surface area contributed by atoms with Crippen molar-refractivity contribution in [1.29, 1.82) is 0 Å². The van der Waals surface area contributed by atoms with Crippen molar-refractivity contribution in [3.8, 4) is 0 Å². The van der Waals surface area contributed by atoms with E-state index in [-0.39, 0.29) is 0 Å². The van der Waals surface area contributed by atoms with Crippen molar-refractivity contribution in [2.45, 2.75) is 64.3 Å². The van der Waals surface area contributed by atoms with Gasteiger partial charge in [-0.2, -0.15) is 0 Å². The van der Waals surface area contributed by atoms with Gasteiger partial charge in [-0.3, -0.25) is 0 Å². The normalized spacial score (nSPS) is 30.4. The van der Waals surface area contributed by atoms with Crippen LogP contribution in [0.3, 0.4) is 0 Å². The van der Waals surface area contributed by atoms with E-state index in [0.717, 1.165) is 5.92 Å². The predicted octanol–water partition coefficient (Wildman–Crippen LogP) is 4.79. The second kappa shape index (κ2) is 5.28. The summed E-state index contributed by atoms with van der Waals surface area (Å²) in [7, 11) is 0. The van der Waals surface area contributed by atoms with E-state index >= 15 is 0 Å². The van der Waals surface area contributed by atoms with Crippen LogP contribution in [-0.4, -0.2) is 6.54 Å². The maximum Gasteiger partial charge on any atom is 0.0320 e. The average molecular weight is 257 g/mol. The summed E-state index contributed by atoms with van der Waals surface area (Å²) in [6.45, 7) is 6.04. The monoisotopic (exact) mass is 257 g/mol. The first-order chi connectivity index (χ1) is 9.14. The van der Waals surface area contributed by atoms with Crippen LogP contribution < -0.4 is 5.32 Å². The molecule has 1 aromatic rings. The fourth-order valence-corrected chi connectivity index (χ4v) is 3.95. The van der Waals surface area contributed by atoms with Gasteiger partial charge in [0.2, 0.25) is 0 Å². The van der Waals surface area contributed by atoms with E-state index in [1.54, 1.807) is 5.56 Å². The highest BCUT2D eigenvalue weighted by molar-refractivity contribution is 5.28. The van der Waals surface area contributed by atoms with Crippen LogP contribution in [0.4, 0.5) is 0 Å². The highest BCUT2D eigenvalue weighted by Gasteiger charge is 2.28. The van der Waals surface area contributed by atoms with Crippen molar-refractivity contribution in [3.05, 3.63) is 35.4 Å². The average Bonchev–Trinajstić information content (AvgIpc) is 2.92. The number of hydrogen-bond donors (Lipinski definition) is 1. The van der Waals surface area contributed by atoms with Crippen molar-refractivity contribution >= 4 is 0 Å². The lowest BCUT2D eigenvalue weighted by Crippen LogP contribution is -2.21. The smallest absolute Gasteiger partial charge is 0.0320 e. The van der Waals surface area contributed by atoms with Crippen molar-refractivity contribution in [3.63, 3.8) is 0 Å². The Hall–Kier alpha value is -0.820. The molecule has 104 valence electrons. The first-order valence-corrected chi connectivity index (χ1v) is 7.97. The molecule has 2 fully saturated rings. The third-order valence-electron chi connectivity index (χ3n) is 5.08. The van der Waals surface area contributed by atoms with Gasteiger partial charge in [0.25, 0.3) is 0 Å². The highest BCUT2D eigenvalue weighted by atomic mass is 14.9. The van der Waals surface area contributed by atoms with E-state index in [1.807, 2.05) is 0 Å². The Labute approximate surface area is 117 Å². The molecular weight excluding hydrogens is 230 g/mol. The molecule has 19 heavy (non-hydrogen) atoms. The molecule has 2 unspecified atom stereocenters. The lowest BCUT2D eigenvalue weighted by atomic mass is 9.70. The van der Waals surface area contributed by atoms with Gasteiger partial charge in [-0.15, -0.1) is 0 Å². The van der Waals surface area contributed by atoms with Crippen LogP contribution in [0.5, 0.6) is 0 Å². The van der Waals surface area contributed by atoms with Crippen molar-refractivity contribution in [2.75, 3.05) is 6.54 Å². The van der Waals surface area contributed by atoms with E-state index in [1.165, 1.54) is 50.6 Å².